The van der Waals surface area contributed by atoms with Gasteiger partial charge in [-0.1, -0.05) is 19.0 Å². The lowest BCUT2D eigenvalue weighted by atomic mass is 10.0. The highest BCUT2D eigenvalue weighted by Gasteiger charge is 2.25. The molecule has 0 saturated carbocycles. The van der Waals surface area contributed by atoms with Crippen LogP contribution in [0.2, 0.25) is 0 Å². The van der Waals surface area contributed by atoms with Crippen molar-refractivity contribution < 1.29 is 13.7 Å². The van der Waals surface area contributed by atoms with Gasteiger partial charge in [0.1, 0.15) is 0 Å². The molecule has 124 valence electrons. The number of carbonyl (C=O) groups excluding carboxylic acids is 1. The average molecular weight is 317 g/mol. The summed E-state index contributed by atoms with van der Waals surface area (Å²) in [6.07, 6.45) is 4.04. The monoisotopic (exact) mass is 317 g/mol. The second kappa shape index (κ2) is 7.00. The summed E-state index contributed by atoms with van der Waals surface area (Å²) in [7, 11) is 0. The molecule has 0 spiro atoms. The van der Waals surface area contributed by atoms with Crippen molar-refractivity contribution in [3.05, 3.63) is 30.2 Å². The summed E-state index contributed by atoms with van der Waals surface area (Å²) < 4.78 is 10.4. The molecule has 0 bridgehead atoms. The molecule has 1 fully saturated rings. The molecule has 1 atom stereocenters. The Morgan fingerprint density at radius 2 is 2.13 bits per heavy atom. The maximum Gasteiger partial charge on any atom is 0.273 e. The summed E-state index contributed by atoms with van der Waals surface area (Å²) in [5.41, 5.74) is 0.278. The third-order valence-electron chi connectivity index (χ3n) is 4.36. The number of aromatic nitrogens is 1. The molecule has 2 aromatic heterocycles. The van der Waals surface area contributed by atoms with Crippen molar-refractivity contribution in [2.24, 2.45) is 5.92 Å². The van der Waals surface area contributed by atoms with E-state index in [1.165, 1.54) is 12.8 Å². The summed E-state index contributed by atoms with van der Waals surface area (Å²) in [6, 6.07) is 5.50. The second-order valence-corrected chi connectivity index (χ2v) is 6.32. The highest BCUT2D eigenvalue weighted by molar-refractivity contribution is 5.92. The van der Waals surface area contributed by atoms with Crippen LogP contribution in [0.1, 0.15) is 37.2 Å². The lowest BCUT2D eigenvalue weighted by Crippen LogP contribution is -2.45. The summed E-state index contributed by atoms with van der Waals surface area (Å²) in [4.78, 5) is 14.7. The van der Waals surface area contributed by atoms with Gasteiger partial charge in [0.05, 0.1) is 6.26 Å². The van der Waals surface area contributed by atoms with Gasteiger partial charge in [-0.25, -0.2) is 0 Å². The van der Waals surface area contributed by atoms with Crippen molar-refractivity contribution in [3.8, 4) is 11.5 Å². The van der Waals surface area contributed by atoms with E-state index in [1.807, 2.05) is 0 Å². The SMILES string of the molecule is CC(C)[C@H](CNC(=O)c1cc(-c2ccco2)on1)N1CCCC1. The molecule has 2 aromatic rings. The lowest BCUT2D eigenvalue weighted by Gasteiger charge is -2.30. The normalized spacial score (nSPS) is 16.8. The molecular formula is C17H23N3O3. The Hall–Kier alpha value is -2.08. The number of likely N-dealkylation sites (tertiary alicyclic amines) is 1. The molecule has 0 aliphatic carbocycles. The van der Waals surface area contributed by atoms with Crippen molar-refractivity contribution >= 4 is 5.91 Å². The number of hydrogen-bond donors (Lipinski definition) is 1. The molecule has 23 heavy (non-hydrogen) atoms. The van der Waals surface area contributed by atoms with E-state index < -0.39 is 0 Å². The molecule has 0 radical (unpaired) electrons. The van der Waals surface area contributed by atoms with Gasteiger partial charge in [0, 0.05) is 18.7 Å². The first kappa shape index (κ1) is 15.8. The predicted octanol–water partition coefficient (Wildman–Crippen LogP) is 2.78. The van der Waals surface area contributed by atoms with Gasteiger partial charge < -0.3 is 14.3 Å². The molecule has 0 aromatic carbocycles. The molecule has 1 saturated heterocycles. The Bertz CT molecular complexity index is 627. The lowest BCUT2D eigenvalue weighted by molar-refractivity contribution is 0.0918. The van der Waals surface area contributed by atoms with Crippen LogP contribution in [0.3, 0.4) is 0 Å². The van der Waals surface area contributed by atoms with Crippen LogP contribution in [0, 0.1) is 5.92 Å². The first-order valence-electron chi connectivity index (χ1n) is 8.18. The predicted molar refractivity (Wildman–Crippen MR) is 86.0 cm³/mol. The van der Waals surface area contributed by atoms with Crippen LogP contribution >= 0.6 is 0 Å². The molecule has 0 unspecified atom stereocenters. The largest absolute Gasteiger partial charge is 0.461 e. The van der Waals surface area contributed by atoms with E-state index in [1.54, 1.807) is 24.5 Å². The number of nitrogens with zero attached hydrogens (tertiary/aromatic N) is 2. The molecule has 1 N–H and O–H groups in total. The zero-order chi connectivity index (χ0) is 16.2. The number of nitrogens with one attached hydrogen (secondary N) is 1. The van der Waals surface area contributed by atoms with E-state index in [9.17, 15) is 4.79 Å². The molecule has 6 nitrogen and oxygen atoms in total. The van der Waals surface area contributed by atoms with Crippen LogP contribution < -0.4 is 5.32 Å². The number of hydrogen-bond acceptors (Lipinski definition) is 5. The number of furan rings is 1. The molecule has 6 heteroatoms. The van der Waals surface area contributed by atoms with E-state index >= 15 is 0 Å². The molecule has 1 aliphatic heterocycles. The minimum absolute atomic E-state index is 0.212. The smallest absolute Gasteiger partial charge is 0.273 e. The van der Waals surface area contributed by atoms with Gasteiger partial charge in [0.25, 0.3) is 5.91 Å². The third kappa shape index (κ3) is 3.64. The molecular weight excluding hydrogens is 294 g/mol. The summed E-state index contributed by atoms with van der Waals surface area (Å²) in [6.45, 7) is 7.25. The summed E-state index contributed by atoms with van der Waals surface area (Å²) in [5, 5.41) is 6.81. The van der Waals surface area contributed by atoms with Gasteiger partial charge in [0.2, 0.25) is 5.76 Å². The van der Waals surface area contributed by atoms with Crippen LogP contribution in [0.15, 0.2) is 33.4 Å². The topological polar surface area (TPSA) is 71.5 Å². The van der Waals surface area contributed by atoms with Crippen LogP contribution in [-0.4, -0.2) is 41.6 Å². The van der Waals surface area contributed by atoms with E-state index in [0.717, 1.165) is 13.1 Å². The van der Waals surface area contributed by atoms with E-state index in [-0.39, 0.29) is 11.6 Å². The van der Waals surface area contributed by atoms with Crippen molar-refractivity contribution in [2.45, 2.75) is 32.7 Å². The highest BCUT2D eigenvalue weighted by Crippen LogP contribution is 2.21. The standard InChI is InChI=1S/C17H23N3O3/c1-12(2)14(20-7-3-4-8-20)11-18-17(21)13-10-16(23-19-13)15-6-5-9-22-15/h5-6,9-10,12,14H,3-4,7-8,11H2,1-2H3,(H,18,21)/t14-/m0/s1. The zero-order valence-electron chi connectivity index (χ0n) is 13.6. The summed E-state index contributed by atoms with van der Waals surface area (Å²) in [5.74, 6) is 1.30. The average Bonchev–Trinajstić information content (AvgIpc) is 3.27. The van der Waals surface area contributed by atoms with Crippen molar-refractivity contribution in [1.29, 1.82) is 0 Å². The van der Waals surface area contributed by atoms with Gasteiger partial charge in [0.15, 0.2) is 11.5 Å². The number of amides is 1. The van der Waals surface area contributed by atoms with Crippen LogP contribution in [-0.2, 0) is 0 Å². The minimum atomic E-state index is -0.212. The van der Waals surface area contributed by atoms with Crippen molar-refractivity contribution in [3.63, 3.8) is 0 Å². The quantitative estimate of drug-likeness (QED) is 0.887. The Balaban J connectivity index is 1.60. The maximum absolute atomic E-state index is 12.3. The number of rotatable bonds is 6. The molecule has 3 heterocycles. The first-order valence-corrected chi connectivity index (χ1v) is 8.18. The molecule has 3 rings (SSSR count). The fourth-order valence-electron chi connectivity index (χ4n) is 3.06. The fourth-order valence-corrected chi connectivity index (χ4v) is 3.06. The second-order valence-electron chi connectivity index (χ2n) is 6.32. The third-order valence-corrected chi connectivity index (χ3v) is 4.36. The Labute approximate surface area is 135 Å². The Kier molecular flexibility index (Phi) is 4.81. The number of carbonyl (C=O) groups is 1. The zero-order valence-corrected chi connectivity index (χ0v) is 13.6. The van der Waals surface area contributed by atoms with E-state index in [4.69, 9.17) is 8.94 Å². The van der Waals surface area contributed by atoms with Crippen molar-refractivity contribution in [1.82, 2.24) is 15.4 Å². The van der Waals surface area contributed by atoms with Crippen LogP contribution in [0.5, 0.6) is 0 Å². The van der Waals surface area contributed by atoms with Crippen molar-refractivity contribution in [2.75, 3.05) is 19.6 Å². The van der Waals surface area contributed by atoms with E-state index in [0.29, 0.717) is 30.0 Å². The minimum Gasteiger partial charge on any atom is -0.461 e. The van der Waals surface area contributed by atoms with Gasteiger partial charge in [-0.15, -0.1) is 0 Å². The van der Waals surface area contributed by atoms with Gasteiger partial charge in [-0.05, 0) is 44.0 Å². The van der Waals surface area contributed by atoms with Gasteiger partial charge >= 0.3 is 0 Å². The van der Waals surface area contributed by atoms with Crippen LogP contribution in [0.25, 0.3) is 11.5 Å². The molecule has 1 amide bonds. The Morgan fingerprint density at radius 3 is 2.78 bits per heavy atom. The van der Waals surface area contributed by atoms with E-state index in [2.05, 4.69) is 29.2 Å². The summed E-state index contributed by atoms with van der Waals surface area (Å²) >= 11 is 0. The van der Waals surface area contributed by atoms with Gasteiger partial charge in [-0.3, -0.25) is 9.69 Å². The molecule has 1 aliphatic rings. The van der Waals surface area contributed by atoms with Crippen LogP contribution in [0.4, 0.5) is 0 Å². The fraction of sp³-hybridized carbons (Fsp3) is 0.529. The maximum atomic E-state index is 12.3. The Morgan fingerprint density at radius 1 is 1.35 bits per heavy atom. The highest BCUT2D eigenvalue weighted by atomic mass is 16.5. The van der Waals surface area contributed by atoms with Gasteiger partial charge in [-0.2, -0.15) is 0 Å². The first-order chi connectivity index (χ1) is 11.1.